The SMILES string of the molecule is C=CC(F)C1CCC(c2ccccc2)CC1. The van der Waals surface area contributed by atoms with Gasteiger partial charge in [-0.3, -0.25) is 0 Å². The third-order valence-electron chi connectivity index (χ3n) is 3.72. The lowest BCUT2D eigenvalue weighted by atomic mass is 9.77. The van der Waals surface area contributed by atoms with Gasteiger partial charge in [0.1, 0.15) is 6.17 Å². The van der Waals surface area contributed by atoms with Gasteiger partial charge < -0.3 is 0 Å². The van der Waals surface area contributed by atoms with Gasteiger partial charge in [0.05, 0.1) is 0 Å². The van der Waals surface area contributed by atoms with Crippen molar-refractivity contribution >= 4 is 0 Å². The molecule has 0 radical (unpaired) electrons. The highest BCUT2D eigenvalue weighted by molar-refractivity contribution is 5.20. The van der Waals surface area contributed by atoms with E-state index in [4.69, 9.17) is 0 Å². The normalized spacial score (nSPS) is 27.3. The van der Waals surface area contributed by atoms with Crippen LogP contribution in [-0.4, -0.2) is 6.17 Å². The van der Waals surface area contributed by atoms with Crippen LogP contribution in [-0.2, 0) is 0 Å². The molecule has 0 saturated heterocycles. The molecule has 16 heavy (non-hydrogen) atoms. The molecule has 0 heterocycles. The Kier molecular flexibility index (Phi) is 3.76. The monoisotopic (exact) mass is 218 g/mol. The predicted molar refractivity (Wildman–Crippen MR) is 66.2 cm³/mol. The summed E-state index contributed by atoms with van der Waals surface area (Å²) in [7, 11) is 0. The smallest absolute Gasteiger partial charge is 0.121 e. The van der Waals surface area contributed by atoms with Crippen molar-refractivity contribution in [2.75, 3.05) is 0 Å². The van der Waals surface area contributed by atoms with Crippen LogP contribution in [0.1, 0.15) is 37.2 Å². The van der Waals surface area contributed by atoms with E-state index < -0.39 is 6.17 Å². The quantitative estimate of drug-likeness (QED) is 0.656. The Morgan fingerprint density at radius 2 is 1.75 bits per heavy atom. The number of rotatable bonds is 3. The van der Waals surface area contributed by atoms with Gasteiger partial charge >= 0.3 is 0 Å². The van der Waals surface area contributed by atoms with Crippen LogP contribution in [0.4, 0.5) is 4.39 Å². The van der Waals surface area contributed by atoms with Crippen molar-refractivity contribution < 1.29 is 4.39 Å². The molecule has 1 saturated carbocycles. The fourth-order valence-electron chi connectivity index (χ4n) is 2.69. The van der Waals surface area contributed by atoms with Gasteiger partial charge in [-0.1, -0.05) is 36.4 Å². The lowest BCUT2D eigenvalue weighted by Crippen LogP contribution is -2.20. The minimum absolute atomic E-state index is 0.206. The van der Waals surface area contributed by atoms with E-state index in [0.29, 0.717) is 5.92 Å². The van der Waals surface area contributed by atoms with E-state index in [-0.39, 0.29) is 5.92 Å². The van der Waals surface area contributed by atoms with Crippen LogP contribution >= 0.6 is 0 Å². The fraction of sp³-hybridized carbons (Fsp3) is 0.467. The van der Waals surface area contributed by atoms with Gasteiger partial charge in [0.2, 0.25) is 0 Å². The number of hydrogen-bond acceptors (Lipinski definition) is 0. The van der Waals surface area contributed by atoms with E-state index in [9.17, 15) is 4.39 Å². The van der Waals surface area contributed by atoms with Crippen molar-refractivity contribution in [2.24, 2.45) is 5.92 Å². The summed E-state index contributed by atoms with van der Waals surface area (Å²) < 4.78 is 13.4. The van der Waals surface area contributed by atoms with Crippen LogP contribution in [0.15, 0.2) is 43.0 Å². The third kappa shape index (κ3) is 2.52. The molecule has 0 aromatic heterocycles. The Bertz CT molecular complexity index is 323. The molecule has 0 aliphatic heterocycles. The molecule has 2 rings (SSSR count). The van der Waals surface area contributed by atoms with Gasteiger partial charge in [-0.05, 0) is 43.1 Å². The zero-order valence-corrected chi connectivity index (χ0v) is 9.61. The molecule has 1 aromatic carbocycles. The van der Waals surface area contributed by atoms with Crippen LogP contribution in [0.5, 0.6) is 0 Å². The van der Waals surface area contributed by atoms with Crippen molar-refractivity contribution in [3.8, 4) is 0 Å². The van der Waals surface area contributed by atoms with Crippen molar-refractivity contribution in [1.29, 1.82) is 0 Å². The number of allylic oxidation sites excluding steroid dienone is 1. The van der Waals surface area contributed by atoms with E-state index in [1.54, 1.807) is 0 Å². The Balaban J connectivity index is 1.93. The molecule has 1 unspecified atom stereocenters. The van der Waals surface area contributed by atoms with Crippen molar-refractivity contribution in [3.05, 3.63) is 48.6 Å². The average Bonchev–Trinajstić information content (AvgIpc) is 2.39. The molecule has 86 valence electrons. The number of alkyl halides is 1. The van der Waals surface area contributed by atoms with E-state index >= 15 is 0 Å². The molecule has 0 spiro atoms. The van der Waals surface area contributed by atoms with Crippen molar-refractivity contribution in [2.45, 2.75) is 37.8 Å². The summed E-state index contributed by atoms with van der Waals surface area (Å²) in [4.78, 5) is 0. The van der Waals surface area contributed by atoms with Crippen LogP contribution in [0.3, 0.4) is 0 Å². The van der Waals surface area contributed by atoms with Gasteiger partial charge in [0.25, 0.3) is 0 Å². The highest BCUT2D eigenvalue weighted by Crippen LogP contribution is 2.37. The lowest BCUT2D eigenvalue weighted by molar-refractivity contribution is 0.210. The molecule has 1 atom stereocenters. The lowest BCUT2D eigenvalue weighted by Gasteiger charge is -2.29. The standard InChI is InChI=1S/C15H19F/c1-2-15(16)14-10-8-13(9-11-14)12-6-4-3-5-7-12/h2-7,13-15H,1,8-11H2. The Labute approximate surface area is 97.2 Å². The highest BCUT2D eigenvalue weighted by atomic mass is 19.1. The van der Waals surface area contributed by atoms with E-state index in [2.05, 4.69) is 30.8 Å². The summed E-state index contributed by atoms with van der Waals surface area (Å²) in [5.41, 5.74) is 1.41. The Hall–Kier alpha value is -1.11. The molecular weight excluding hydrogens is 199 g/mol. The molecule has 0 N–H and O–H groups in total. The summed E-state index contributed by atoms with van der Waals surface area (Å²) in [6.07, 6.45) is 4.86. The van der Waals surface area contributed by atoms with Crippen molar-refractivity contribution in [1.82, 2.24) is 0 Å². The summed E-state index contributed by atoms with van der Waals surface area (Å²) >= 11 is 0. The van der Waals surface area contributed by atoms with Crippen LogP contribution in [0.2, 0.25) is 0 Å². The Morgan fingerprint density at radius 1 is 1.12 bits per heavy atom. The molecule has 1 fully saturated rings. The van der Waals surface area contributed by atoms with Crippen molar-refractivity contribution in [3.63, 3.8) is 0 Å². The van der Waals surface area contributed by atoms with Gasteiger partial charge in [0, 0.05) is 0 Å². The number of halogens is 1. The zero-order valence-electron chi connectivity index (χ0n) is 9.61. The maximum atomic E-state index is 13.4. The zero-order chi connectivity index (χ0) is 11.4. The van der Waals surface area contributed by atoms with Gasteiger partial charge in [0.15, 0.2) is 0 Å². The summed E-state index contributed by atoms with van der Waals surface area (Å²) in [5.74, 6) is 0.840. The van der Waals surface area contributed by atoms with E-state index in [0.717, 1.165) is 25.7 Å². The minimum atomic E-state index is -0.809. The molecule has 0 amide bonds. The maximum Gasteiger partial charge on any atom is 0.121 e. The van der Waals surface area contributed by atoms with Crippen LogP contribution in [0, 0.1) is 5.92 Å². The molecular formula is C15H19F. The summed E-state index contributed by atoms with van der Waals surface area (Å²) in [6, 6.07) is 10.6. The fourth-order valence-corrected chi connectivity index (χ4v) is 2.69. The largest absolute Gasteiger partial charge is 0.243 e. The molecule has 0 nitrogen and oxygen atoms in total. The maximum absolute atomic E-state index is 13.4. The Morgan fingerprint density at radius 3 is 2.31 bits per heavy atom. The highest BCUT2D eigenvalue weighted by Gasteiger charge is 2.26. The molecule has 1 aliphatic rings. The molecule has 1 heteroatoms. The predicted octanol–water partition coefficient (Wildman–Crippen LogP) is 4.48. The topological polar surface area (TPSA) is 0 Å². The number of benzene rings is 1. The van der Waals surface area contributed by atoms with Crippen LogP contribution < -0.4 is 0 Å². The third-order valence-corrected chi connectivity index (χ3v) is 3.72. The van der Waals surface area contributed by atoms with Crippen LogP contribution in [0.25, 0.3) is 0 Å². The first-order chi connectivity index (χ1) is 7.81. The summed E-state index contributed by atoms with van der Waals surface area (Å²) in [6.45, 7) is 3.54. The average molecular weight is 218 g/mol. The minimum Gasteiger partial charge on any atom is -0.243 e. The van der Waals surface area contributed by atoms with Gasteiger partial charge in [-0.15, -0.1) is 6.58 Å². The first-order valence-corrected chi connectivity index (χ1v) is 6.13. The second-order valence-electron chi connectivity index (χ2n) is 4.70. The number of hydrogen-bond donors (Lipinski definition) is 0. The van der Waals surface area contributed by atoms with E-state index in [1.165, 1.54) is 11.6 Å². The molecule has 1 aromatic rings. The summed E-state index contributed by atoms with van der Waals surface area (Å²) in [5, 5.41) is 0. The first-order valence-electron chi connectivity index (χ1n) is 6.13. The first kappa shape index (κ1) is 11.4. The van der Waals surface area contributed by atoms with Gasteiger partial charge in [-0.2, -0.15) is 0 Å². The molecule has 0 bridgehead atoms. The second-order valence-corrected chi connectivity index (χ2v) is 4.70. The van der Waals surface area contributed by atoms with Gasteiger partial charge in [-0.25, -0.2) is 4.39 Å². The molecule has 1 aliphatic carbocycles. The second kappa shape index (κ2) is 5.29. The van der Waals surface area contributed by atoms with E-state index in [1.807, 2.05) is 6.07 Å².